The molecule has 0 saturated heterocycles. The van der Waals surface area contributed by atoms with Gasteiger partial charge in [-0.1, -0.05) is 32.0 Å². The quantitative estimate of drug-likeness (QED) is 0.715. The van der Waals surface area contributed by atoms with Crippen molar-refractivity contribution in [3.63, 3.8) is 0 Å². The van der Waals surface area contributed by atoms with Gasteiger partial charge in [-0.25, -0.2) is 0 Å². The van der Waals surface area contributed by atoms with Crippen molar-refractivity contribution in [3.05, 3.63) is 0 Å². The maximum absolute atomic E-state index is 9.94. The molecule has 1 aliphatic rings. The van der Waals surface area contributed by atoms with Crippen LogP contribution < -0.4 is 5.73 Å². The summed E-state index contributed by atoms with van der Waals surface area (Å²) in [5, 5.41) is 9.94. The fourth-order valence-corrected chi connectivity index (χ4v) is 2.82. The van der Waals surface area contributed by atoms with Crippen molar-refractivity contribution in [3.8, 4) is 0 Å². The summed E-state index contributed by atoms with van der Waals surface area (Å²) in [4.78, 5) is 2.70. The van der Waals surface area contributed by atoms with Crippen LogP contribution in [0.5, 0.6) is 0 Å². The molecule has 0 aromatic rings. The summed E-state index contributed by atoms with van der Waals surface area (Å²) < 4.78 is 0. The molecule has 88 valence electrons. The average Bonchev–Trinajstić information content (AvgIpc) is 2.18. The second kappa shape index (κ2) is 5.77. The van der Waals surface area contributed by atoms with Crippen LogP contribution in [0.4, 0.5) is 0 Å². The Labute approximate surface area is 97.6 Å². The highest BCUT2D eigenvalue weighted by Crippen LogP contribution is 2.24. The van der Waals surface area contributed by atoms with Crippen LogP contribution >= 0.6 is 12.2 Å². The number of aliphatic hydroxyl groups excluding tert-OH is 1. The Balaban J connectivity index is 2.63. The van der Waals surface area contributed by atoms with E-state index in [2.05, 4.69) is 11.8 Å². The van der Waals surface area contributed by atoms with Crippen LogP contribution in [0, 0.1) is 0 Å². The lowest BCUT2D eigenvalue weighted by molar-refractivity contribution is 0.0237. The largest absolute Gasteiger partial charge is 0.392 e. The summed E-state index contributed by atoms with van der Waals surface area (Å²) in [6.45, 7) is 2.08. The second-order valence-corrected chi connectivity index (χ2v) is 4.88. The maximum Gasteiger partial charge on any atom is 0.0901 e. The van der Waals surface area contributed by atoms with E-state index in [1.165, 1.54) is 6.42 Å². The van der Waals surface area contributed by atoms with Crippen LogP contribution in [0.3, 0.4) is 0 Å². The van der Waals surface area contributed by atoms with Crippen molar-refractivity contribution in [2.45, 2.75) is 57.2 Å². The van der Waals surface area contributed by atoms with Crippen molar-refractivity contribution < 1.29 is 5.11 Å². The number of hydrogen-bond acceptors (Lipinski definition) is 3. The first kappa shape index (κ1) is 12.9. The number of hydrogen-bond donors (Lipinski definition) is 2. The normalized spacial score (nSPS) is 29.1. The molecular weight excluding hydrogens is 208 g/mol. The van der Waals surface area contributed by atoms with E-state index in [1.54, 1.807) is 0 Å². The van der Waals surface area contributed by atoms with Gasteiger partial charge in [0, 0.05) is 6.04 Å². The van der Waals surface area contributed by atoms with Gasteiger partial charge < -0.3 is 10.8 Å². The Morgan fingerprint density at radius 2 is 2.13 bits per heavy atom. The summed E-state index contributed by atoms with van der Waals surface area (Å²) in [5.74, 6) is 0. The maximum atomic E-state index is 9.94. The molecule has 3 nitrogen and oxygen atoms in total. The Hall–Kier alpha value is -0.190. The van der Waals surface area contributed by atoms with E-state index >= 15 is 0 Å². The van der Waals surface area contributed by atoms with E-state index in [0.29, 0.717) is 4.99 Å². The number of rotatable bonds is 4. The van der Waals surface area contributed by atoms with Gasteiger partial charge in [-0.05, 0) is 26.3 Å². The predicted molar refractivity (Wildman–Crippen MR) is 66.9 cm³/mol. The van der Waals surface area contributed by atoms with E-state index in [0.717, 1.165) is 25.7 Å². The van der Waals surface area contributed by atoms with Gasteiger partial charge >= 0.3 is 0 Å². The third-order valence-corrected chi connectivity index (χ3v) is 3.70. The van der Waals surface area contributed by atoms with Crippen LogP contribution in [0.15, 0.2) is 0 Å². The van der Waals surface area contributed by atoms with Crippen molar-refractivity contribution in [1.82, 2.24) is 4.90 Å². The molecule has 0 aromatic heterocycles. The molecule has 1 rings (SSSR count). The van der Waals surface area contributed by atoms with E-state index < -0.39 is 0 Å². The van der Waals surface area contributed by atoms with Gasteiger partial charge in [0.15, 0.2) is 0 Å². The molecule has 0 radical (unpaired) electrons. The molecule has 15 heavy (non-hydrogen) atoms. The van der Waals surface area contributed by atoms with Crippen molar-refractivity contribution in [1.29, 1.82) is 0 Å². The predicted octanol–water partition coefficient (Wildman–Crippen LogP) is 1.29. The zero-order chi connectivity index (χ0) is 11.4. The highest BCUT2D eigenvalue weighted by atomic mass is 32.1. The molecule has 0 heterocycles. The van der Waals surface area contributed by atoms with Crippen LogP contribution in [0.25, 0.3) is 0 Å². The standard InChI is InChI=1S/C11H22N2OS/c1-3-8(11(12)15)13(2)9-6-4-5-7-10(9)14/h8-10,14H,3-7H2,1-2H3,(H2,12,15). The molecule has 3 N–H and O–H groups in total. The minimum absolute atomic E-state index is 0.123. The number of nitrogens with zero attached hydrogens (tertiary/aromatic N) is 1. The average molecular weight is 230 g/mol. The summed E-state index contributed by atoms with van der Waals surface area (Å²) in [6, 6.07) is 0.350. The number of thiocarbonyl (C=S) groups is 1. The van der Waals surface area contributed by atoms with Crippen LogP contribution in [-0.4, -0.2) is 40.2 Å². The molecule has 1 saturated carbocycles. The molecule has 3 atom stereocenters. The molecule has 0 aromatic carbocycles. The number of likely N-dealkylation sites (N-methyl/N-ethyl adjacent to an activating group) is 1. The summed E-state index contributed by atoms with van der Waals surface area (Å²) in [7, 11) is 2.02. The molecule has 0 amide bonds. The van der Waals surface area contributed by atoms with Gasteiger partial charge in [-0.2, -0.15) is 0 Å². The van der Waals surface area contributed by atoms with Crippen LogP contribution in [0.1, 0.15) is 39.0 Å². The highest BCUT2D eigenvalue weighted by Gasteiger charge is 2.30. The molecule has 4 heteroatoms. The van der Waals surface area contributed by atoms with Gasteiger partial charge in [0.25, 0.3) is 0 Å². The minimum atomic E-state index is -0.216. The lowest BCUT2D eigenvalue weighted by Crippen LogP contribution is -2.52. The fourth-order valence-electron chi connectivity index (χ4n) is 2.49. The van der Waals surface area contributed by atoms with E-state index in [1.807, 2.05) is 7.05 Å². The molecule has 1 fully saturated rings. The lowest BCUT2D eigenvalue weighted by Gasteiger charge is -2.39. The van der Waals surface area contributed by atoms with Crippen molar-refractivity contribution >= 4 is 17.2 Å². The minimum Gasteiger partial charge on any atom is -0.392 e. The van der Waals surface area contributed by atoms with E-state index in [9.17, 15) is 5.11 Å². The lowest BCUT2D eigenvalue weighted by atomic mass is 9.90. The number of aliphatic hydroxyl groups is 1. The first-order chi connectivity index (χ1) is 7.07. The molecule has 0 bridgehead atoms. The van der Waals surface area contributed by atoms with Crippen LogP contribution in [-0.2, 0) is 0 Å². The third-order valence-electron chi connectivity index (χ3n) is 3.42. The summed E-state index contributed by atoms with van der Waals surface area (Å²) in [5.41, 5.74) is 5.71. The van der Waals surface area contributed by atoms with Gasteiger partial charge in [-0.15, -0.1) is 0 Å². The van der Waals surface area contributed by atoms with Crippen molar-refractivity contribution in [2.75, 3.05) is 7.05 Å². The topological polar surface area (TPSA) is 49.5 Å². The molecule has 0 aliphatic heterocycles. The summed E-state index contributed by atoms with van der Waals surface area (Å²) >= 11 is 5.05. The second-order valence-electron chi connectivity index (χ2n) is 4.41. The zero-order valence-corrected chi connectivity index (χ0v) is 10.5. The van der Waals surface area contributed by atoms with Gasteiger partial charge in [0.2, 0.25) is 0 Å². The van der Waals surface area contributed by atoms with Crippen LogP contribution in [0.2, 0.25) is 0 Å². The van der Waals surface area contributed by atoms with Gasteiger partial charge in [0.1, 0.15) is 0 Å². The van der Waals surface area contributed by atoms with Gasteiger partial charge in [-0.3, -0.25) is 4.90 Å². The first-order valence-electron chi connectivity index (χ1n) is 5.77. The zero-order valence-electron chi connectivity index (χ0n) is 9.65. The van der Waals surface area contributed by atoms with E-state index in [4.69, 9.17) is 18.0 Å². The molecular formula is C11H22N2OS. The highest BCUT2D eigenvalue weighted by molar-refractivity contribution is 7.80. The Kier molecular flexibility index (Phi) is 4.96. The van der Waals surface area contributed by atoms with Crippen molar-refractivity contribution in [2.24, 2.45) is 5.73 Å². The molecule has 0 spiro atoms. The Bertz CT molecular complexity index is 223. The Morgan fingerprint density at radius 3 is 2.60 bits per heavy atom. The number of nitrogens with two attached hydrogens (primary N) is 1. The van der Waals surface area contributed by atoms with Gasteiger partial charge in [0.05, 0.1) is 17.1 Å². The molecule has 3 unspecified atom stereocenters. The smallest absolute Gasteiger partial charge is 0.0901 e. The monoisotopic (exact) mass is 230 g/mol. The van der Waals surface area contributed by atoms with E-state index in [-0.39, 0.29) is 18.2 Å². The fraction of sp³-hybridized carbons (Fsp3) is 0.909. The first-order valence-corrected chi connectivity index (χ1v) is 6.18. The third kappa shape index (κ3) is 3.13. The summed E-state index contributed by atoms with van der Waals surface area (Å²) in [6.07, 6.45) is 4.98. The Morgan fingerprint density at radius 1 is 1.53 bits per heavy atom. The molecule has 1 aliphatic carbocycles. The SMILES string of the molecule is CCC(C(N)=S)N(C)C1CCCCC1O.